The van der Waals surface area contributed by atoms with Crippen LogP contribution >= 0.6 is 24.0 Å². The minimum atomic E-state index is 0. The highest BCUT2D eigenvalue weighted by Gasteiger charge is 2.36. The first-order chi connectivity index (χ1) is 11.3. The Balaban J connectivity index is 0.00000288. The number of piperidine rings is 1. The highest BCUT2D eigenvalue weighted by atomic mass is 127. The van der Waals surface area contributed by atoms with Crippen LogP contribution in [0.15, 0.2) is 4.99 Å². The number of methoxy groups -OCH3 is 1. The Labute approximate surface area is 165 Å². The zero-order chi connectivity index (χ0) is 16.4. The molecule has 2 N–H and O–H groups in total. The third-order valence-corrected chi connectivity index (χ3v) is 5.34. The maximum absolute atomic E-state index is 5.27. The summed E-state index contributed by atoms with van der Waals surface area (Å²) in [6.45, 7) is 9.46. The van der Waals surface area contributed by atoms with Gasteiger partial charge < -0.3 is 20.3 Å². The lowest BCUT2D eigenvalue weighted by molar-refractivity contribution is 0.0778. The topological polar surface area (TPSA) is 48.9 Å². The van der Waals surface area contributed by atoms with Crippen molar-refractivity contribution >= 4 is 29.9 Å². The Morgan fingerprint density at radius 3 is 2.46 bits per heavy atom. The molecule has 1 saturated heterocycles. The molecule has 0 spiro atoms. The van der Waals surface area contributed by atoms with Crippen LogP contribution in [-0.4, -0.2) is 63.8 Å². The first kappa shape index (κ1) is 22.0. The second-order valence-corrected chi connectivity index (χ2v) is 7.12. The first-order valence-corrected chi connectivity index (χ1v) is 9.51. The molecule has 0 aromatic heterocycles. The van der Waals surface area contributed by atoms with Crippen LogP contribution in [0.4, 0.5) is 0 Å². The van der Waals surface area contributed by atoms with E-state index in [2.05, 4.69) is 22.5 Å². The van der Waals surface area contributed by atoms with Crippen LogP contribution in [-0.2, 0) is 4.74 Å². The summed E-state index contributed by atoms with van der Waals surface area (Å²) >= 11 is 0. The quantitative estimate of drug-likeness (QED) is 0.321. The summed E-state index contributed by atoms with van der Waals surface area (Å²) in [5.74, 6) is 0.980. The van der Waals surface area contributed by atoms with E-state index in [1.165, 1.54) is 51.6 Å². The molecule has 1 aliphatic heterocycles. The second kappa shape index (κ2) is 12.3. The number of guanidine groups is 1. The monoisotopic (exact) mass is 452 g/mol. The van der Waals surface area contributed by atoms with Gasteiger partial charge in [0.15, 0.2) is 5.96 Å². The number of aliphatic imine (C=N–C) groups is 1. The molecule has 0 bridgehead atoms. The molecule has 2 rings (SSSR count). The number of ether oxygens (including phenoxy) is 1. The minimum Gasteiger partial charge on any atom is -0.385 e. The molecule has 1 heterocycles. The third kappa shape index (κ3) is 7.44. The average Bonchev–Trinajstić information content (AvgIpc) is 2.54. The van der Waals surface area contributed by atoms with Gasteiger partial charge in [-0.15, -0.1) is 24.0 Å². The maximum atomic E-state index is 5.27. The smallest absolute Gasteiger partial charge is 0.191 e. The number of hydrogen-bond donors (Lipinski definition) is 2. The van der Waals surface area contributed by atoms with Crippen molar-refractivity contribution in [3.8, 4) is 0 Å². The van der Waals surface area contributed by atoms with Gasteiger partial charge in [0, 0.05) is 39.9 Å². The standard InChI is InChI=1S/C18H36N4O.HI/c1-3-19-17(20-11-14-22-12-5-4-6-13-22)21-16-18(8-7-9-18)10-15-23-2;/h3-16H2,1-2H3,(H2,19,20,21);1H. The van der Waals surface area contributed by atoms with Crippen molar-refractivity contribution in [2.45, 2.75) is 51.9 Å². The van der Waals surface area contributed by atoms with E-state index in [0.29, 0.717) is 5.41 Å². The van der Waals surface area contributed by atoms with E-state index in [9.17, 15) is 0 Å². The van der Waals surface area contributed by atoms with E-state index >= 15 is 0 Å². The summed E-state index contributed by atoms with van der Waals surface area (Å²) in [6, 6.07) is 0. The zero-order valence-corrected chi connectivity index (χ0v) is 17.9. The number of nitrogens with one attached hydrogen (secondary N) is 2. The largest absolute Gasteiger partial charge is 0.385 e. The molecule has 0 radical (unpaired) electrons. The summed E-state index contributed by atoms with van der Waals surface area (Å²) in [4.78, 5) is 7.43. The fourth-order valence-electron chi connectivity index (χ4n) is 3.59. The molecule has 1 aliphatic carbocycles. The predicted molar refractivity (Wildman–Crippen MR) is 112 cm³/mol. The molecule has 2 fully saturated rings. The van der Waals surface area contributed by atoms with Crippen molar-refractivity contribution in [3.63, 3.8) is 0 Å². The lowest BCUT2D eigenvalue weighted by Crippen LogP contribution is -2.43. The molecule has 0 atom stereocenters. The molecule has 5 nitrogen and oxygen atoms in total. The molecule has 0 unspecified atom stereocenters. The van der Waals surface area contributed by atoms with E-state index in [1.807, 2.05) is 0 Å². The second-order valence-electron chi connectivity index (χ2n) is 7.12. The Morgan fingerprint density at radius 2 is 1.88 bits per heavy atom. The SMILES string of the molecule is CCNC(=NCC1(CCOC)CCC1)NCCN1CCCCC1.I. The van der Waals surface area contributed by atoms with Crippen molar-refractivity contribution in [1.29, 1.82) is 0 Å². The molecular weight excluding hydrogens is 415 g/mol. The third-order valence-electron chi connectivity index (χ3n) is 5.34. The molecule has 2 aliphatic rings. The molecule has 1 saturated carbocycles. The van der Waals surface area contributed by atoms with Crippen molar-refractivity contribution < 1.29 is 4.74 Å². The van der Waals surface area contributed by atoms with Gasteiger partial charge in [-0.2, -0.15) is 0 Å². The van der Waals surface area contributed by atoms with Crippen molar-refractivity contribution in [3.05, 3.63) is 0 Å². The highest BCUT2D eigenvalue weighted by molar-refractivity contribution is 14.0. The summed E-state index contributed by atoms with van der Waals surface area (Å²) < 4.78 is 5.27. The number of likely N-dealkylation sites (tertiary alicyclic amines) is 1. The van der Waals surface area contributed by atoms with Gasteiger partial charge in [-0.05, 0) is 57.5 Å². The summed E-state index contributed by atoms with van der Waals surface area (Å²) in [5, 5.41) is 6.90. The molecule has 0 aromatic rings. The van der Waals surface area contributed by atoms with Gasteiger partial charge in [-0.25, -0.2) is 0 Å². The van der Waals surface area contributed by atoms with Crippen molar-refractivity contribution in [2.75, 3.05) is 53.0 Å². The molecule has 6 heteroatoms. The van der Waals surface area contributed by atoms with E-state index in [0.717, 1.165) is 45.2 Å². The van der Waals surface area contributed by atoms with Gasteiger partial charge in [-0.1, -0.05) is 12.8 Å². The van der Waals surface area contributed by atoms with Crippen molar-refractivity contribution in [1.82, 2.24) is 15.5 Å². The van der Waals surface area contributed by atoms with Gasteiger partial charge in [0.25, 0.3) is 0 Å². The van der Waals surface area contributed by atoms with Crippen LogP contribution in [0.1, 0.15) is 51.9 Å². The summed E-state index contributed by atoms with van der Waals surface area (Å²) in [7, 11) is 1.79. The van der Waals surface area contributed by atoms with Gasteiger partial charge in [0.2, 0.25) is 0 Å². The Hall–Kier alpha value is -0.0800. The molecule has 24 heavy (non-hydrogen) atoms. The fourth-order valence-corrected chi connectivity index (χ4v) is 3.59. The number of rotatable bonds is 9. The van der Waals surface area contributed by atoms with Crippen LogP contribution in [0, 0.1) is 5.41 Å². The van der Waals surface area contributed by atoms with Crippen LogP contribution < -0.4 is 10.6 Å². The average molecular weight is 452 g/mol. The van der Waals surface area contributed by atoms with Gasteiger partial charge in [-0.3, -0.25) is 4.99 Å². The van der Waals surface area contributed by atoms with Gasteiger partial charge >= 0.3 is 0 Å². The fraction of sp³-hybridized carbons (Fsp3) is 0.944. The predicted octanol–water partition coefficient (Wildman–Crippen LogP) is 2.85. The van der Waals surface area contributed by atoms with E-state index < -0.39 is 0 Å². The van der Waals surface area contributed by atoms with E-state index in [4.69, 9.17) is 9.73 Å². The number of halogens is 1. The van der Waals surface area contributed by atoms with E-state index in [1.54, 1.807) is 7.11 Å². The van der Waals surface area contributed by atoms with Gasteiger partial charge in [0.1, 0.15) is 0 Å². The number of nitrogens with zero attached hydrogens (tertiary/aromatic N) is 2. The zero-order valence-electron chi connectivity index (χ0n) is 15.6. The van der Waals surface area contributed by atoms with Gasteiger partial charge in [0.05, 0.1) is 0 Å². The highest BCUT2D eigenvalue weighted by Crippen LogP contribution is 2.44. The molecular formula is C18H37IN4O. The Bertz CT molecular complexity index is 355. The van der Waals surface area contributed by atoms with Crippen molar-refractivity contribution in [2.24, 2.45) is 10.4 Å². The summed E-state index contributed by atoms with van der Waals surface area (Å²) in [6.07, 6.45) is 9.20. The maximum Gasteiger partial charge on any atom is 0.191 e. The van der Waals surface area contributed by atoms with Crippen LogP contribution in [0.25, 0.3) is 0 Å². The van der Waals surface area contributed by atoms with Crippen LogP contribution in [0.3, 0.4) is 0 Å². The van der Waals surface area contributed by atoms with Crippen LogP contribution in [0.2, 0.25) is 0 Å². The first-order valence-electron chi connectivity index (χ1n) is 9.51. The van der Waals surface area contributed by atoms with E-state index in [-0.39, 0.29) is 24.0 Å². The lowest BCUT2D eigenvalue weighted by Gasteiger charge is -2.40. The normalized spacial score (nSPS) is 20.8. The lowest BCUT2D eigenvalue weighted by atomic mass is 9.67. The molecule has 0 amide bonds. The van der Waals surface area contributed by atoms with Crippen LogP contribution in [0.5, 0.6) is 0 Å². The summed E-state index contributed by atoms with van der Waals surface area (Å²) in [5.41, 5.74) is 0.394. The number of hydrogen-bond acceptors (Lipinski definition) is 3. The molecule has 0 aromatic carbocycles. The molecule has 142 valence electrons. The minimum absolute atomic E-state index is 0. The Kier molecular flexibility index (Phi) is 11.3. The Morgan fingerprint density at radius 1 is 1.12 bits per heavy atom.